The summed E-state index contributed by atoms with van der Waals surface area (Å²) in [6.07, 6.45) is 0. The highest BCUT2D eigenvalue weighted by Crippen LogP contribution is 2.57. The minimum atomic E-state index is -0.555. The highest BCUT2D eigenvalue weighted by atomic mass is 16.3. The molecule has 0 saturated heterocycles. The van der Waals surface area contributed by atoms with Gasteiger partial charge in [0.25, 0.3) is 6.71 Å². The first-order valence-electron chi connectivity index (χ1n) is 47.6. The number of nitrogens with zero attached hydrogens (tertiary/aromatic N) is 3. The first-order valence-corrected chi connectivity index (χ1v) is 45.6. The average molecular weight is 1690 g/mol. The monoisotopic (exact) mass is 1690 g/mol. The summed E-state index contributed by atoms with van der Waals surface area (Å²) in [6, 6.07) is 113. The van der Waals surface area contributed by atoms with Crippen LogP contribution in [-0.4, -0.2) is 11.3 Å². The van der Waals surface area contributed by atoms with Crippen molar-refractivity contribution in [2.45, 2.75) is 131 Å². The van der Waals surface area contributed by atoms with Crippen LogP contribution in [0, 0.1) is 0 Å². The fraction of sp³-hybridized carbons (Fsp3) is 0.164. The molecule has 8 heteroatoms. The van der Waals surface area contributed by atoms with Gasteiger partial charge >= 0.3 is 0 Å². The SMILES string of the molecule is [2H]c1c([2H])c([2H])c2c(c1[2H])c1cc(C(C)(C)C)ccc1n2-c1cc2c3c(c1)N(c1c(-c4ccc5c(c4)oc4ccccc45)cccc1-c1ccc4c(c1)oc1ccccc14)c1ccc(-c4cc(C(C)(C)C)cc(C(C)(C)C)c4)cc1B3c1cc(-c3cc(C(C)(C)C)cc(C(C)(C)C)c3)ccc1N2c1c(-c2ccc3c(c2)oc2ccccc23)cccc1-c1ccc2c(c1)oc1ccccc12. The highest BCUT2D eigenvalue weighted by Gasteiger charge is 2.47. The number of aromatic nitrogens is 1. The van der Waals surface area contributed by atoms with Crippen LogP contribution < -0.4 is 26.2 Å². The average Bonchev–Trinajstić information content (AvgIpc) is 0.822. The maximum Gasteiger partial charge on any atom is 0.252 e. The third kappa shape index (κ3) is 12.6. The fourth-order valence-electron chi connectivity index (χ4n) is 20.8. The largest absolute Gasteiger partial charge is 0.456 e. The Labute approximate surface area is 764 Å². The van der Waals surface area contributed by atoms with Crippen LogP contribution in [0.2, 0.25) is 0 Å². The summed E-state index contributed by atoms with van der Waals surface area (Å²) in [5.74, 6) is 0. The van der Waals surface area contributed by atoms with Crippen LogP contribution in [0.5, 0.6) is 0 Å². The van der Waals surface area contributed by atoms with E-state index in [0.29, 0.717) is 22.0 Å². The Morgan fingerprint density at radius 2 is 0.569 bits per heavy atom. The first-order chi connectivity index (χ1) is 64.2. The molecule has 630 valence electrons. The topological polar surface area (TPSA) is 64.0 Å². The first kappa shape index (κ1) is 74.5. The van der Waals surface area contributed by atoms with Gasteiger partial charge in [-0.2, -0.15) is 0 Å². The van der Waals surface area contributed by atoms with Gasteiger partial charge in [0.1, 0.15) is 44.7 Å². The molecule has 7 heterocycles. The van der Waals surface area contributed by atoms with Gasteiger partial charge in [0.05, 0.1) is 33.6 Å². The summed E-state index contributed by atoms with van der Waals surface area (Å²) in [5, 5.41) is 9.31. The van der Waals surface area contributed by atoms with E-state index in [1.54, 1.807) is 0 Å². The lowest BCUT2D eigenvalue weighted by Crippen LogP contribution is -2.61. The Morgan fingerprint density at radius 1 is 0.238 bits per heavy atom. The van der Waals surface area contributed by atoms with Crippen LogP contribution in [0.25, 0.3) is 182 Å². The van der Waals surface area contributed by atoms with Crippen LogP contribution in [0.4, 0.5) is 34.1 Å². The van der Waals surface area contributed by atoms with Crippen molar-refractivity contribution < 1.29 is 23.2 Å². The zero-order valence-corrected chi connectivity index (χ0v) is 76.0. The van der Waals surface area contributed by atoms with Crippen molar-refractivity contribution in [3.63, 3.8) is 0 Å². The van der Waals surface area contributed by atoms with Crippen LogP contribution in [0.3, 0.4) is 0 Å². The van der Waals surface area contributed by atoms with Gasteiger partial charge < -0.3 is 32.0 Å². The van der Waals surface area contributed by atoms with E-state index in [1.165, 1.54) is 22.3 Å². The molecule has 0 bridgehead atoms. The number of para-hydroxylation sites is 7. The molecule has 0 atom stereocenters. The van der Waals surface area contributed by atoms with Crippen LogP contribution >= 0.6 is 0 Å². The Morgan fingerprint density at radius 3 is 0.923 bits per heavy atom. The van der Waals surface area contributed by atoms with Gasteiger partial charge in [-0.3, -0.25) is 0 Å². The van der Waals surface area contributed by atoms with Gasteiger partial charge in [-0.25, -0.2) is 0 Å². The fourth-order valence-corrected chi connectivity index (χ4v) is 20.8. The molecular weight excluding hydrogens is 1580 g/mol. The number of anilines is 6. The van der Waals surface area contributed by atoms with E-state index in [0.717, 1.165) is 216 Å². The Bertz CT molecular complexity index is 8060. The lowest BCUT2D eigenvalue weighted by atomic mass is 9.33. The second-order valence-electron chi connectivity index (χ2n) is 41.3. The lowest BCUT2D eigenvalue weighted by molar-refractivity contribution is 0.568. The van der Waals surface area contributed by atoms with Crippen molar-refractivity contribution in [1.82, 2.24) is 4.57 Å². The Hall–Kier alpha value is -14.6. The third-order valence-electron chi connectivity index (χ3n) is 27.8. The molecular formula is C122H100BN3O4. The van der Waals surface area contributed by atoms with Gasteiger partial charge in [0.15, 0.2) is 0 Å². The molecule has 2 aliphatic rings. The number of hydrogen-bond acceptors (Lipinski definition) is 6. The van der Waals surface area contributed by atoms with E-state index in [9.17, 15) is 5.48 Å². The van der Waals surface area contributed by atoms with Gasteiger partial charge in [0.2, 0.25) is 0 Å². The molecule has 130 heavy (non-hydrogen) atoms. The van der Waals surface area contributed by atoms with Crippen molar-refractivity contribution in [1.29, 1.82) is 0 Å². The van der Waals surface area contributed by atoms with Crippen LogP contribution in [0.1, 0.15) is 137 Å². The normalized spacial score (nSPS) is 13.7. The molecule has 22 aromatic rings. The van der Waals surface area contributed by atoms with Crippen molar-refractivity contribution in [2.75, 3.05) is 9.80 Å². The van der Waals surface area contributed by atoms with Gasteiger partial charge in [0, 0.05) is 98.9 Å². The summed E-state index contributed by atoms with van der Waals surface area (Å²) >= 11 is 0. The molecule has 17 aromatic carbocycles. The summed E-state index contributed by atoms with van der Waals surface area (Å²) in [4.78, 5) is 5.13. The Balaban J connectivity index is 0.908. The van der Waals surface area contributed by atoms with Crippen molar-refractivity contribution in [3.8, 4) is 72.4 Å². The molecule has 0 spiro atoms. The zero-order chi connectivity index (χ0) is 92.1. The van der Waals surface area contributed by atoms with E-state index >= 15 is 0 Å². The van der Waals surface area contributed by atoms with E-state index < -0.39 is 6.71 Å². The smallest absolute Gasteiger partial charge is 0.252 e. The van der Waals surface area contributed by atoms with Crippen LogP contribution in [-0.2, 0) is 27.1 Å². The standard InChI is InChI=1S/C122H100BN3O4/c1-118(2,3)79-48-55-102-98(68-79)89-28-16-21-37-101(89)124(102)84-69-105-115-106(70-84)126(117-87(75-44-51-96-92-31-19-24-40-109(92)129-113(96)64-75)35-27-36-88(117)76-45-52-97-93-32-20-25-41-110(93)130-114(97)65-76)104-54-47-72(78-58-82(121(10,11)12)67-83(59-78)122(13,14)15)61-100(104)123(115)99-60-71(77-56-80(119(4,5)6)66-81(57-77)120(7,8)9)46-53-103(99)125(105)116-85(73-42-49-94-90-29-17-22-38-107(90)127-111(94)62-73)33-26-34-86(116)74-43-50-95-91-30-18-23-39-108(91)128-112(95)63-74/h16-70H,1-15H3/i16D,21D,28D,37D. The molecule has 0 amide bonds. The number of rotatable bonds is 9. The third-order valence-corrected chi connectivity index (χ3v) is 27.8. The maximum absolute atomic E-state index is 10.6. The van der Waals surface area contributed by atoms with E-state index in [-0.39, 0.29) is 51.2 Å². The second-order valence-corrected chi connectivity index (χ2v) is 41.3. The summed E-state index contributed by atoms with van der Waals surface area (Å²) in [7, 11) is 0. The van der Waals surface area contributed by atoms with Gasteiger partial charge in [-0.15, -0.1) is 0 Å². The lowest BCUT2D eigenvalue weighted by Gasteiger charge is -2.46. The number of benzene rings is 17. The molecule has 0 N–H and O–H groups in total. The van der Waals surface area contributed by atoms with E-state index in [2.05, 4.69) is 379 Å². The summed E-state index contributed by atoms with van der Waals surface area (Å²) < 4.78 is 70.4. The number of furan rings is 4. The number of fused-ring (bicyclic) bond motifs is 19. The molecule has 5 aromatic heterocycles. The molecule has 0 radical (unpaired) electrons. The zero-order valence-electron chi connectivity index (χ0n) is 80.0. The van der Waals surface area contributed by atoms with Gasteiger partial charge in [-0.1, -0.05) is 322 Å². The van der Waals surface area contributed by atoms with Gasteiger partial charge in [-0.05, 0) is 231 Å². The predicted octanol–water partition coefficient (Wildman–Crippen LogP) is 33.0. The van der Waals surface area contributed by atoms with Crippen molar-refractivity contribution >= 4 is 167 Å². The minimum Gasteiger partial charge on any atom is -0.456 e. The van der Waals surface area contributed by atoms with E-state index in [1.807, 2.05) is 48.5 Å². The summed E-state index contributed by atoms with van der Waals surface area (Å²) in [5.41, 5.74) is 33.0. The minimum absolute atomic E-state index is 0.110. The Kier molecular flexibility index (Phi) is 16.3. The summed E-state index contributed by atoms with van der Waals surface area (Å²) in [6.45, 7) is 33.9. The van der Waals surface area contributed by atoms with Crippen LogP contribution in [0.15, 0.2) is 351 Å². The molecule has 0 saturated carbocycles. The molecule has 0 unspecified atom stereocenters. The predicted molar refractivity (Wildman–Crippen MR) is 550 cm³/mol. The second kappa shape index (κ2) is 28.5. The molecule has 0 aliphatic carbocycles. The highest BCUT2D eigenvalue weighted by molar-refractivity contribution is 7.00. The quantitative estimate of drug-likeness (QED) is 0.134. The molecule has 0 fully saturated rings. The maximum atomic E-state index is 10.6. The molecule has 24 rings (SSSR count). The number of hydrogen-bond donors (Lipinski definition) is 0. The molecule has 2 aliphatic heterocycles. The van der Waals surface area contributed by atoms with Crippen molar-refractivity contribution in [3.05, 3.63) is 361 Å². The molecule has 7 nitrogen and oxygen atoms in total. The van der Waals surface area contributed by atoms with Crippen molar-refractivity contribution in [2.24, 2.45) is 0 Å². The van der Waals surface area contributed by atoms with E-state index in [4.69, 9.17) is 17.7 Å².